The maximum atomic E-state index is 5.68. The monoisotopic (exact) mass is 324 g/mol. The first kappa shape index (κ1) is 14.2. The Morgan fingerprint density at radius 3 is 2.95 bits per heavy atom. The summed E-state index contributed by atoms with van der Waals surface area (Å²) >= 11 is 3.41. The van der Waals surface area contributed by atoms with Crippen LogP contribution in [0.25, 0.3) is 11.0 Å². The second kappa shape index (κ2) is 6.79. The van der Waals surface area contributed by atoms with Gasteiger partial charge in [0, 0.05) is 43.6 Å². The summed E-state index contributed by atoms with van der Waals surface area (Å²) in [6, 6.07) is 3.93. The second-order valence-corrected chi connectivity index (χ2v) is 5.04. The molecular formula is C13H17BrN4O. The minimum atomic E-state index is 0.587. The molecule has 2 heterocycles. The Labute approximate surface area is 120 Å². The largest absolute Gasteiger partial charge is 0.383 e. The van der Waals surface area contributed by atoms with Crippen LogP contribution >= 0.6 is 15.9 Å². The van der Waals surface area contributed by atoms with E-state index >= 15 is 0 Å². The van der Waals surface area contributed by atoms with Crippen LogP contribution < -0.4 is 10.6 Å². The van der Waals surface area contributed by atoms with Gasteiger partial charge >= 0.3 is 0 Å². The molecule has 0 aliphatic rings. The van der Waals surface area contributed by atoms with Gasteiger partial charge in [0.2, 0.25) is 0 Å². The number of rotatable bonds is 6. The average molecular weight is 325 g/mol. The molecule has 2 rings (SSSR count). The Kier molecular flexibility index (Phi) is 5.07. The van der Waals surface area contributed by atoms with Gasteiger partial charge in [-0.25, -0.2) is 0 Å². The molecule has 0 atom stereocenters. The molecule has 0 aliphatic carbocycles. The van der Waals surface area contributed by atoms with Crippen LogP contribution in [-0.2, 0) is 4.74 Å². The highest BCUT2D eigenvalue weighted by atomic mass is 79.9. The maximum absolute atomic E-state index is 5.68. The summed E-state index contributed by atoms with van der Waals surface area (Å²) in [4.78, 5) is 11.0. The number of aromatic nitrogens is 2. The summed E-state index contributed by atoms with van der Waals surface area (Å²) in [5.41, 5.74) is 8.47. The number of methoxy groups -OCH3 is 1. The van der Waals surface area contributed by atoms with E-state index in [1.807, 2.05) is 12.1 Å². The number of nitrogens with zero attached hydrogens (tertiary/aromatic N) is 3. The van der Waals surface area contributed by atoms with E-state index in [2.05, 4.69) is 30.8 Å². The van der Waals surface area contributed by atoms with Crippen molar-refractivity contribution in [3.05, 3.63) is 29.0 Å². The molecule has 2 N–H and O–H groups in total. The topological polar surface area (TPSA) is 64.3 Å². The fourth-order valence-electron chi connectivity index (χ4n) is 1.96. The van der Waals surface area contributed by atoms with Gasteiger partial charge in [-0.3, -0.25) is 9.97 Å². The summed E-state index contributed by atoms with van der Waals surface area (Å²) in [6.45, 7) is 2.79. The van der Waals surface area contributed by atoms with Crippen molar-refractivity contribution in [3.63, 3.8) is 0 Å². The van der Waals surface area contributed by atoms with Gasteiger partial charge in [-0.05, 0) is 28.1 Å². The highest BCUT2D eigenvalue weighted by Crippen LogP contribution is 2.25. The summed E-state index contributed by atoms with van der Waals surface area (Å²) in [5.74, 6) is 0. The summed E-state index contributed by atoms with van der Waals surface area (Å²) < 4.78 is 6.07. The molecule has 0 radical (unpaired) electrons. The van der Waals surface area contributed by atoms with Gasteiger partial charge in [-0.2, -0.15) is 0 Å². The van der Waals surface area contributed by atoms with Gasteiger partial charge in [-0.1, -0.05) is 0 Å². The molecule has 19 heavy (non-hydrogen) atoms. The van der Waals surface area contributed by atoms with Crippen molar-refractivity contribution in [3.8, 4) is 0 Å². The van der Waals surface area contributed by atoms with Crippen molar-refractivity contribution in [2.45, 2.75) is 0 Å². The highest BCUT2D eigenvalue weighted by molar-refractivity contribution is 9.10. The predicted octanol–water partition coefficient (Wildman–Crippen LogP) is 1.80. The van der Waals surface area contributed by atoms with E-state index in [4.69, 9.17) is 10.5 Å². The van der Waals surface area contributed by atoms with E-state index in [1.54, 1.807) is 19.5 Å². The molecule has 2 aromatic heterocycles. The molecule has 0 bridgehead atoms. The quantitative estimate of drug-likeness (QED) is 0.877. The molecule has 0 spiro atoms. The lowest BCUT2D eigenvalue weighted by atomic mass is 10.2. The fourth-order valence-corrected chi connectivity index (χ4v) is 2.28. The molecule has 0 unspecified atom stereocenters. The predicted molar refractivity (Wildman–Crippen MR) is 80.4 cm³/mol. The van der Waals surface area contributed by atoms with Gasteiger partial charge in [0.1, 0.15) is 5.52 Å². The van der Waals surface area contributed by atoms with E-state index in [9.17, 15) is 0 Å². The zero-order valence-electron chi connectivity index (χ0n) is 10.8. The summed E-state index contributed by atoms with van der Waals surface area (Å²) in [6.07, 6.45) is 3.58. The van der Waals surface area contributed by atoms with E-state index in [1.165, 1.54) is 0 Å². The number of anilines is 1. The van der Waals surface area contributed by atoms with Crippen molar-refractivity contribution in [2.75, 3.05) is 38.3 Å². The molecule has 0 fully saturated rings. The third kappa shape index (κ3) is 3.40. The molecule has 2 aromatic rings. The van der Waals surface area contributed by atoms with Crippen molar-refractivity contribution in [1.29, 1.82) is 0 Å². The first-order chi connectivity index (χ1) is 9.26. The van der Waals surface area contributed by atoms with Crippen LogP contribution in [0.15, 0.2) is 29.0 Å². The third-order valence-electron chi connectivity index (χ3n) is 2.83. The zero-order valence-corrected chi connectivity index (χ0v) is 12.4. The van der Waals surface area contributed by atoms with Crippen LogP contribution in [0.1, 0.15) is 0 Å². The lowest BCUT2D eigenvalue weighted by Gasteiger charge is -2.24. The molecule has 0 aliphatic heterocycles. The van der Waals surface area contributed by atoms with Gasteiger partial charge in [-0.15, -0.1) is 0 Å². The smallest absolute Gasteiger partial charge is 0.112 e. The molecule has 6 heteroatoms. The molecular weight excluding hydrogens is 308 g/mol. The summed E-state index contributed by atoms with van der Waals surface area (Å²) in [7, 11) is 1.70. The molecule has 102 valence electrons. The molecule has 5 nitrogen and oxygen atoms in total. The number of halogens is 1. The van der Waals surface area contributed by atoms with Crippen LogP contribution in [0.3, 0.4) is 0 Å². The molecule has 0 saturated carbocycles. The normalized spacial score (nSPS) is 10.9. The average Bonchev–Trinajstić information content (AvgIpc) is 2.42. The van der Waals surface area contributed by atoms with E-state index in [0.717, 1.165) is 34.3 Å². The van der Waals surface area contributed by atoms with E-state index in [-0.39, 0.29) is 0 Å². The fraction of sp³-hybridized carbons (Fsp3) is 0.385. The highest BCUT2D eigenvalue weighted by Gasteiger charge is 2.11. The minimum absolute atomic E-state index is 0.587. The zero-order chi connectivity index (χ0) is 13.7. The van der Waals surface area contributed by atoms with Gasteiger partial charge in [0.25, 0.3) is 0 Å². The Balaban J connectivity index is 2.40. The minimum Gasteiger partial charge on any atom is -0.383 e. The third-order valence-corrected chi connectivity index (χ3v) is 3.26. The van der Waals surface area contributed by atoms with Crippen molar-refractivity contribution in [1.82, 2.24) is 9.97 Å². The van der Waals surface area contributed by atoms with Crippen molar-refractivity contribution in [2.24, 2.45) is 5.73 Å². The van der Waals surface area contributed by atoms with Crippen LogP contribution in [0.5, 0.6) is 0 Å². The number of nitrogens with two attached hydrogens (primary N) is 1. The number of hydrogen-bond acceptors (Lipinski definition) is 5. The van der Waals surface area contributed by atoms with Crippen LogP contribution in [0, 0.1) is 0 Å². The summed E-state index contributed by atoms with van der Waals surface area (Å²) in [5, 5.41) is 0. The Morgan fingerprint density at radius 2 is 2.21 bits per heavy atom. The van der Waals surface area contributed by atoms with Crippen molar-refractivity contribution < 1.29 is 4.74 Å². The van der Waals surface area contributed by atoms with E-state index < -0.39 is 0 Å². The Morgan fingerprint density at radius 1 is 1.37 bits per heavy atom. The van der Waals surface area contributed by atoms with Gasteiger partial charge in [0.15, 0.2) is 0 Å². The van der Waals surface area contributed by atoms with Crippen LogP contribution in [0.2, 0.25) is 0 Å². The SMILES string of the molecule is COCCN(CCN)c1ccnc2cc(Br)cnc12. The van der Waals surface area contributed by atoms with Gasteiger partial charge in [0.05, 0.1) is 17.8 Å². The van der Waals surface area contributed by atoms with Crippen molar-refractivity contribution >= 4 is 32.7 Å². The molecule has 0 aromatic carbocycles. The first-order valence-electron chi connectivity index (χ1n) is 6.10. The molecule has 0 saturated heterocycles. The van der Waals surface area contributed by atoms with Crippen LogP contribution in [-0.4, -0.2) is 43.3 Å². The first-order valence-corrected chi connectivity index (χ1v) is 6.89. The lowest BCUT2D eigenvalue weighted by molar-refractivity contribution is 0.205. The molecule has 0 amide bonds. The standard InChI is InChI=1S/C13H17BrN4O/c1-19-7-6-18(5-3-15)12-2-4-16-11-8-10(14)9-17-13(11)12/h2,4,8-9H,3,5-7,15H2,1H3. The van der Waals surface area contributed by atoms with Gasteiger partial charge < -0.3 is 15.4 Å². The number of hydrogen-bond donors (Lipinski definition) is 1. The Bertz CT molecular complexity index is 549. The number of pyridine rings is 2. The van der Waals surface area contributed by atoms with E-state index in [0.29, 0.717) is 13.2 Å². The lowest BCUT2D eigenvalue weighted by Crippen LogP contribution is -2.32. The van der Waals surface area contributed by atoms with Crippen LogP contribution in [0.4, 0.5) is 5.69 Å². The number of fused-ring (bicyclic) bond motifs is 1. The Hall–Kier alpha value is -1.24. The maximum Gasteiger partial charge on any atom is 0.112 e. The number of ether oxygens (including phenoxy) is 1. The second-order valence-electron chi connectivity index (χ2n) is 4.12.